The number of rotatable bonds is 16. The molecule has 2 atom stereocenters. The molecular formula is C16H26NaO10P. The number of esters is 2. The van der Waals surface area contributed by atoms with Gasteiger partial charge in [-0.15, -0.1) is 0 Å². The molecule has 0 heterocycles. The second-order valence-electron chi connectivity index (χ2n) is 5.17. The summed E-state index contributed by atoms with van der Waals surface area (Å²) in [5.41, 5.74) is 0. The molecule has 12 heteroatoms. The van der Waals surface area contributed by atoms with Crippen LogP contribution in [-0.4, -0.2) is 63.8 Å². The van der Waals surface area contributed by atoms with Crippen molar-refractivity contribution in [1.82, 2.24) is 0 Å². The maximum Gasteiger partial charge on any atom is 1.00 e. The van der Waals surface area contributed by atoms with E-state index in [1.165, 1.54) is 0 Å². The second-order valence-corrected chi connectivity index (χ2v) is 6.58. The molecule has 0 amide bonds. The van der Waals surface area contributed by atoms with Crippen LogP contribution >= 0.6 is 7.82 Å². The van der Waals surface area contributed by atoms with Gasteiger partial charge in [-0.2, -0.15) is 0 Å². The van der Waals surface area contributed by atoms with Crippen LogP contribution in [0.15, 0.2) is 25.3 Å². The van der Waals surface area contributed by atoms with Crippen molar-refractivity contribution in [2.24, 2.45) is 0 Å². The van der Waals surface area contributed by atoms with E-state index < -0.39 is 32.0 Å². The Labute approximate surface area is 187 Å². The van der Waals surface area contributed by atoms with Crippen molar-refractivity contribution >= 4 is 19.8 Å². The number of hydrogen-bond donors (Lipinski definition) is 0. The fourth-order valence-electron chi connectivity index (χ4n) is 1.51. The molecule has 156 valence electrons. The molecule has 0 bridgehead atoms. The number of hydrogen-bond acceptors (Lipinski definition) is 10. The summed E-state index contributed by atoms with van der Waals surface area (Å²) in [5.74, 6) is -1.15. The van der Waals surface area contributed by atoms with Crippen molar-refractivity contribution in [1.29, 1.82) is 0 Å². The van der Waals surface area contributed by atoms with E-state index in [0.29, 0.717) is 0 Å². The van der Waals surface area contributed by atoms with Gasteiger partial charge in [-0.05, 0) is 13.8 Å². The molecular weight excluding hydrogens is 406 g/mol. The molecule has 0 aromatic heterocycles. The van der Waals surface area contributed by atoms with Crippen molar-refractivity contribution < 1.29 is 76.6 Å². The summed E-state index contributed by atoms with van der Waals surface area (Å²) in [4.78, 5) is 33.4. The van der Waals surface area contributed by atoms with E-state index in [9.17, 15) is 19.0 Å². The Kier molecular flexibility index (Phi) is 18.3. The number of phosphoric acid groups is 1. The van der Waals surface area contributed by atoms with E-state index in [2.05, 4.69) is 22.2 Å². The van der Waals surface area contributed by atoms with Crippen molar-refractivity contribution in [3.8, 4) is 0 Å². The van der Waals surface area contributed by atoms with Crippen molar-refractivity contribution in [2.75, 3.05) is 39.6 Å². The molecule has 0 rings (SSSR count). The molecule has 0 aromatic carbocycles. The first kappa shape index (κ1) is 29.6. The van der Waals surface area contributed by atoms with Gasteiger partial charge in [-0.3, -0.25) is 4.57 Å². The van der Waals surface area contributed by atoms with Crippen molar-refractivity contribution in [3.05, 3.63) is 25.3 Å². The Morgan fingerprint density at radius 1 is 0.893 bits per heavy atom. The Morgan fingerprint density at radius 3 is 1.57 bits per heavy atom. The molecule has 0 radical (unpaired) electrons. The molecule has 28 heavy (non-hydrogen) atoms. The first-order valence-electron chi connectivity index (χ1n) is 8.12. The van der Waals surface area contributed by atoms with Gasteiger partial charge in [0.2, 0.25) is 0 Å². The number of carbonyl (C=O) groups excluding carboxylic acids is 2. The van der Waals surface area contributed by atoms with Crippen molar-refractivity contribution in [2.45, 2.75) is 26.1 Å². The van der Waals surface area contributed by atoms with Gasteiger partial charge in [-0.25, -0.2) is 9.59 Å². The molecule has 10 nitrogen and oxygen atoms in total. The molecule has 0 N–H and O–H groups in total. The maximum absolute atomic E-state index is 11.5. The van der Waals surface area contributed by atoms with E-state index in [-0.39, 0.29) is 69.2 Å². The predicted molar refractivity (Wildman–Crippen MR) is 92.7 cm³/mol. The van der Waals surface area contributed by atoms with Gasteiger partial charge in [0.05, 0.1) is 39.6 Å². The molecule has 0 spiro atoms. The zero-order valence-corrected chi connectivity index (χ0v) is 19.4. The maximum atomic E-state index is 11.5. The van der Waals surface area contributed by atoms with Gasteiger partial charge >= 0.3 is 41.5 Å². The van der Waals surface area contributed by atoms with Gasteiger partial charge in [0, 0.05) is 12.2 Å². The van der Waals surface area contributed by atoms with Crippen molar-refractivity contribution in [3.63, 3.8) is 0 Å². The average Bonchev–Trinajstić information content (AvgIpc) is 2.60. The molecule has 0 saturated heterocycles. The van der Waals surface area contributed by atoms with Crippen LogP contribution < -0.4 is 34.5 Å². The monoisotopic (exact) mass is 432 g/mol. The molecule has 2 unspecified atom stereocenters. The largest absolute Gasteiger partial charge is 1.00 e. The van der Waals surface area contributed by atoms with Crippen LogP contribution in [0.1, 0.15) is 13.8 Å². The molecule has 0 fully saturated rings. The summed E-state index contributed by atoms with van der Waals surface area (Å²) < 4.78 is 40.7. The van der Waals surface area contributed by atoms with Crippen LogP contribution in [-0.2, 0) is 42.1 Å². The Morgan fingerprint density at radius 2 is 1.25 bits per heavy atom. The van der Waals surface area contributed by atoms with Gasteiger partial charge in [0.1, 0.15) is 12.2 Å². The summed E-state index contributed by atoms with van der Waals surface area (Å²) in [6, 6.07) is 0. The van der Waals surface area contributed by atoms with E-state index in [1.807, 2.05) is 0 Å². The third kappa shape index (κ3) is 17.5. The third-order valence-corrected chi connectivity index (χ3v) is 3.62. The minimum absolute atomic E-state index is 0. The Balaban J connectivity index is 0. The zero-order chi connectivity index (χ0) is 20.7. The second kappa shape index (κ2) is 17.3. The summed E-state index contributed by atoms with van der Waals surface area (Å²) in [6.07, 6.45) is 1.05. The number of carbonyl (C=O) groups is 2. The average molecular weight is 432 g/mol. The van der Waals surface area contributed by atoms with Gasteiger partial charge < -0.3 is 32.9 Å². The summed E-state index contributed by atoms with van der Waals surface area (Å²) in [7, 11) is -4.48. The standard InChI is InChI=1S/C16H27O10P.Na/c1-5-15(17)25-13(3)11-21-7-9-23-27(19,20)24-10-8-22-12-14(4)26-16(18)6-2;/h5-6,13-14H,1-2,7-12H2,3-4H3,(H,19,20);/q;+1/p-1. The molecule has 0 aromatic rings. The van der Waals surface area contributed by atoms with Gasteiger partial charge in [-0.1, -0.05) is 13.2 Å². The normalized spacial score (nSPS) is 14.7. The van der Waals surface area contributed by atoms with Crippen LogP contribution in [0.5, 0.6) is 0 Å². The Bertz CT molecular complexity index is 486. The fourth-order valence-corrected chi connectivity index (χ4v) is 2.18. The van der Waals surface area contributed by atoms with Crippen LogP contribution in [0.2, 0.25) is 0 Å². The molecule has 0 aliphatic rings. The molecule has 0 aliphatic carbocycles. The first-order chi connectivity index (χ1) is 12.7. The molecule has 0 aliphatic heterocycles. The number of ether oxygens (including phenoxy) is 4. The minimum Gasteiger partial charge on any atom is -0.756 e. The van der Waals surface area contributed by atoms with Crippen LogP contribution in [0.3, 0.4) is 0 Å². The Hall–Kier alpha value is -0.550. The minimum atomic E-state index is -4.48. The topological polar surface area (TPSA) is 130 Å². The van der Waals surface area contributed by atoms with Gasteiger partial charge in [0.25, 0.3) is 7.82 Å². The summed E-state index contributed by atoms with van der Waals surface area (Å²) >= 11 is 0. The summed E-state index contributed by atoms with van der Waals surface area (Å²) in [5, 5.41) is 0. The quantitative estimate of drug-likeness (QED) is 0.0868. The van der Waals surface area contributed by atoms with E-state index >= 15 is 0 Å². The van der Waals surface area contributed by atoms with Gasteiger partial charge in [0.15, 0.2) is 0 Å². The van der Waals surface area contributed by atoms with Crippen LogP contribution in [0.4, 0.5) is 0 Å². The third-order valence-electron chi connectivity index (χ3n) is 2.63. The fraction of sp³-hybridized carbons (Fsp3) is 0.625. The zero-order valence-electron chi connectivity index (χ0n) is 16.5. The smallest absolute Gasteiger partial charge is 0.756 e. The van der Waals surface area contributed by atoms with Crippen LogP contribution in [0.25, 0.3) is 0 Å². The predicted octanol–water partition coefficient (Wildman–Crippen LogP) is -2.24. The van der Waals surface area contributed by atoms with Crippen LogP contribution in [0, 0.1) is 0 Å². The summed E-state index contributed by atoms with van der Waals surface area (Å²) in [6.45, 7) is 9.34. The SMILES string of the molecule is C=CC(=O)OC(C)COCCOP(=O)([O-])OCCOCC(C)OC(=O)C=C.[Na+]. The van der Waals surface area contributed by atoms with E-state index in [0.717, 1.165) is 12.2 Å². The van der Waals surface area contributed by atoms with E-state index in [4.69, 9.17) is 18.9 Å². The number of phosphoric ester groups is 1. The molecule has 0 saturated carbocycles. The first-order valence-corrected chi connectivity index (χ1v) is 9.58. The van der Waals surface area contributed by atoms with E-state index in [1.54, 1.807) is 13.8 Å².